The van der Waals surface area contributed by atoms with Crippen LogP contribution in [-0.2, 0) is 11.2 Å². The van der Waals surface area contributed by atoms with Crippen molar-refractivity contribution < 1.29 is 18.0 Å². The van der Waals surface area contributed by atoms with Crippen molar-refractivity contribution in [1.29, 1.82) is 0 Å². The highest BCUT2D eigenvalue weighted by Crippen LogP contribution is 2.38. The van der Waals surface area contributed by atoms with Crippen molar-refractivity contribution in [2.75, 3.05) is 0 Å². The Morgan fingerprint density at radius 1 is 1.44 bits per heavy atom. The maximum Gasteiger partial charge on any atom is 0.446 e. The summed E-state index contributed by atoms with van der Waals surface area (Å²) in [5.74, 6) is -0.0851. The molecule has 0 aliphatic heterocycles. The van der Waals surface area contributed by atoms with Crippen LogP contribution in [0.2, 0.25) is 5.02 Å². The average molecular weight is 269 g/mol. The monoisotopic (exact) mass is 268 g/mol. The van der Waals surface area contributed by atoms with E-state index in [0.717, 1.165) is 0 Å². The standard InChI is InChI=1S/C10H8ClF3OS/c1-6(15)4-7-2-3-8(5-9(7)11)16-10(12,13)14/h2-3,5H,4H2,1H3. The molecule has 0 unspecified atom stereocenters. The number of benzene rings is 1. The summed E-state index contributed by atoms with van der Waals surface area (Å²) in [7, 11) is 0. The predicted octanol–water partition coefficient (Wildman–Crippen LogP) is 4.08. The van der Waals surface area contributed by atoms with E-state index in [0.29, 0.717) is 5.56 Å². The number of halogens is 4. The van der Waals surface area contributed by atoms with Gasteiger partial charge in [0.1, 0.15) is 5.78 Å². The summed E-state index contributed by atoms with van der Waals surface area (Å²) in [5, 5.41) is 0.185. The second-order valence-corrected chi connectivity index (χ2v) is 4.73. The van der Waals surface area contributed by atoms with Gasteiger partial charge in [0.2, 0.25) is 0 Å². The molecule has 0 saturated heterocycles. The van der Waals surface area contributed by atoms with E-state index in [1.54, 1.807) is 0 Å². The second kappa shape index (κ2) is 5.10. The molecule has 0 atom stereocenters. The molecule has 0 saturated carbocycles. The molecule has 1 nitrogen and oxygen atoms in total. The molecule has 1 rings (SSSR count). The van der Waals surface area contributed by atoms with Gasteiger partial charge in [0, 0.05) is 16.3 Å². The van der Waals surface area contributed by atoms with E-state index < -0.39 is 5.51 Å². The molecule has 0 fully saturated rings. The fourth-order valence-corrected chi connectivity index (χ4v) is 2.03. The average Bonchev–Trinajstić information content (AvgIpc) is 2.06. The molecule has 0 bridgehead atoms. The number of carbonyl (C=O) groups is 1. The van der Waals surface area contributed by atoms with Crippen molar-refractivity contribution in [3.63, 3.8) is 0 Å². The Hall–Kier alpha value is -0.680. The van der Waals surface area contributed by atoms with Crippen LogP contribution < -0.4 is 0 Å². The number of Topliss-reactive ketones (excluding diaryl/α,β-unsaturated/α-hetero) is 1. The van der Waals surface area contributed by atoms with Crippen LogP contribution in [0.25, 0.3) is 0 Å². The highest BCUT2D eigenvalue weighted by atomic mass is 35.5. The van der Waals surface area contributed by atoms with Crippen LogP contribution >= 0.6 is 23.4 Å². The lowest BCUT2D eigenvalue weighted by atomic mass is 10.1. The van der Waals surface area contributed by atoms with E-state index in [1.807, 2.05) is 0 Å². The fraction of sp³-hybridized carbons (Fsp3) is 0.300. The Labute approximate surface area is 100.0 Å². The molecule has 88 valence electrons. The van der Waals surface area contributed by atoms with E-state index >= 15 is 0 Å². The molecule has 0 heterocycles. The van der Waals surface area contributed by atoms with Gasteiger partial charge >= 0.3 is 5.51 Å². The normalized spacial score (nSPS) is 11.6. The van der Waals surface area contributed by atoms with Crippen LogP contribution in [0.4, 0.5) is 13.2 Å². The number of rotatable bonds is 3. The first-order valence-electron chi connectivity index (χ1n) is 4.31. The molecule has 1 aromatic rings. The number of hydrogen-bond donors (Lipinski definition) is 0. The lowest BCUT2D eigenvalue weighted by Crippen LogP contribution is -2.00. The summed E-state index contributed by atoms with van der Waals surface area (Å²) in [6.07, 6.45) is 0.135. The van der Waals surface area contributed by atoms with Crippen molar-refractivity contribution in [3.8, 4) is 0 Å². The smallest absolute Gasteiger partial charge is 0.300 e. The van der Waals surface area contributed by atoms with Crippen LogP contribution in [0.5, 0.6) is 0 Å². The predicted molar refractivity (Wildman–Crippen MR) is 57.7 cm³/mol. The molecule has 0 spiro atoms. The summed E-state index contributed by atoms with van der Waals surface area (Å²) < 4.78 is 36.1. The quantitative estimate of drug-likeness (QED) is 0.768. The first kappa shape index (κ1) is 13.4. The Kier molecular flexibility index (Phi) is 4.27. The largest absolute Gasteiger partial charge is 0.446 e. The van der Waals surface area contributed by atoms with E-state index in [9.17, 15) is 18.0 Å². The molecule has 0 aliphatic rings. The second-order valence-electron chi connectivity index (χ2n) is 3.18. The van der Waals surface area contributed by atoms with Crippen molar-refractivity contribution in [3.05, 3.63) is 28.8 Å². The van der Waals surface area contributed by atoms with Gasteiger partial charge in [0.05, 0.1) is 0 Å². The maximum absolute atomic E-state index is 12.0. The molecule has 0 radical (unpaired) electrons. The van der Waals surface area contributed by atoms with Gasteiger partial charge in [-0.3, -0.25) is 4.79 Å². The van der Waals surface area contributed by atoms with E-state index in [1.165, 1.54) is 25.1 Å². The minimum atomic E-state index is -4.33. The van der Waals surface area contributed by atoms with Crippen molar-refractivity contribution in [2.24, 2.45) is 0 Å². The number of hydrogen-bond acceptors (Lipinski definition) is 2. The molecule has 0 aromatic heterocycles. The highest BCUT2D eigenvalue weighted by molar-refractivity contribution is 8.00. The van der Waals surface area contributed by atoms with Gasteiger partial charge in [-0.2, -0.15) is 13.2 Å². The molecule has 0 amide bonds. The fourth-order valence-electron chi connectivity index (χ4n) is 1.14. The number of ketones is 1. The molecule has 16 heavy (non-hydrogen) atoms. The highest BCUT2D eigenvalue weighted by Gasteiger charge is 2.29. The van der Waals surface area contributed by atoms with Gasteiger partial charge in [-0.25, -0.2) is 0 Å². The van der Waals surface area contributed by atoms with E-state index in [2.05, 4.69) is 0 Å². The molecular formula is C10H8ClF3OS. The van der Waals surface area contributed by atoms with Gasteiger partial charge in [-0.15, -0.1) is 0 Å². The van der Waals surface area contributed by atoms with Crippen molar-refractivity contribution in [1.82, 2.24) is 0 Å². The summed E-state index contributed by atoms with van der Waals surface area (Å²) in [6, 6.07) is 3.97. The Bertz CT molecular complexity index is 404. The minimum absolute atomic E-state index is 0.0183. The number of alkyl halides is 3. The number of thioether (sulfide) groups is 1. The Morgan fingerprint density at radius 3 is 2.50 bits per heavy atom. The third kappa shape index (κ3) is 4.45. The SMILES string of the molecule is CC(=O)Cc1ccc(SC(F)(F)F)cc1Cl. The summed E-state index contributed by atoms with van der Waals surface area (Å²) in [5.41, 5.74) is -3.79. The van der Waals surface area contributed by atoms with Crippen LogP contribution in [0, 0.1) is 0 Å². The lowest BCUT2D eigenvalue weighted by molar-refractivity contribution is -0.116. The van der Waals surface area contributed by atoms with Gasteiger partial charge in [0.25, 0.3) is 0 Å². The molecule has 6 heteroatoms. The van der Waals surface area contributed by atoms with Crippen LogP contribution in [0.3, 0.4) is 0 Å². The van der Waals surface area contributed by atoms with Crippen LogP contribution in [0.1, 0.15) is 12.5 Å². The minimum Gasteiger partial charge on any atom is -0.300 e. The lowest BCUT2D eigenvalue weighted by Gasteiger charge is -2.07. The zero-order valence-corrected chi connectivity index (χ0v) is 9.84. The molecule has 0 N–H and O–H groups in total. The van der Waals surface area contributed by atoms with Gasteiger partial charge in [-0.1, -0.05) is 17.7 Å². The third-order valence-electron chi connectivity index (χ3n) is 1.70. The molecule has 1 aromatic carbocycles. The van der Waals surface area contributed by atoms with Crippen molar-refractivity contribution >= 4 is 29.1 Å². The first-order chi connectivity index (χ1) is 7.28. The van der Waals surface area contributed by atoms with Crippen molar-refractivity contribution in [2.45, 2.75) is 23.7 Å². The topological polar surface area (TPSA) is 17.1 Å². The van der Waals surface area contributed by atoms with Gasteiger partial charge in [0.15, 0.2) is 0 Å². The maximum atomic E-state index is 12.0. The van der Waals surface area contributed by atoms with E-state index in [-0.39, 0.29) is 33.9 Å². The zero-order chi connectivity index (χ0) is 12.3. The molecule has 0 aliphatic carbocycles. The van der Waals surface area contributed by atoms with Crippen LogP contribution in [0.15, 0.2) is 23.1 Å². The zero-order valence-electron chi connectivity index (χ0n) is 8.27. The molecular weight excluding hydrogens is 261 g/mol. The Morgan fingerprint density at radius 2 is 2.06 bits per heavy atom. The first-order valence-corrected chi connectivity index (χ1v) is 5.51. The summed E-state index contributed by atoms with van der Waals surface area (Å²) in [4.78, 5) is 10.9. The third-order valence-corrected chi connectivity index (χ3v) is 2.77. The van der Waals surface area contributed by atoms with Gasteiger partial charge < -0.3 is 0 Å². The number of carbonyl (C=O) groups excluding carboxylic acids is 1. The summed E-state index contributed by atoms with van der Waals surface area (Å²) in [6.45, 7) is 1.40. The van der Waals surface area contributed by atoms with E-state index in [4.69, 9.17) is 11.6 Å². The van der Waals surface area contributed by atoms with Gasteiger partial charge in [-0.05, 0) is 36.4 Å². The van der Waals surface area contributed by atoms with Crippen LogP contribution in [-0.4, -0.2) is 11.3 Å². The summed E-state index contributed by atoms with van der Waals surface area (Å²) >= 11 is 5.54. The Balaban J connectivity index is 2.87.